The van der Waals surface area contributed by atoms with Gasteiger partial charge in [0.1, 0.15) is 5.75 Å². The number of carbonyl (C=O) groups is 1. The van der Waals surface area contributed by atoms with E-state index < -0.39 is 0 Å². The first-order valence-electron chi connectivity index (χ1n) is 7.03. The fourth-order valence-electron chi connectivity index (χ4n) is 2.40. The Balaban J connectivity index is 1.77. The van der Waals surface area contributed by atoms with E-state index >= 15 is 0 Å². The summed E-state index contributed by atoms with van der Waals surface area (Å²) in [5.74, 6) is 0.963. The molecule has 1 aromatic rings. The van der Waals surface area contributed by atoms with E-state index in [2.05, 4.69) is 0 Å². The van der Waals surface area contributed by atoms with E-state index in [1.165, 1.54) is 12.8 Å². The minimum atomic E-state index is 0.0908. The van der Waals surface area contributed by atoms with Gasteiger partial charge in [-0.15, -0.1) is 0 Å². The van der Waals surface area contributed by atoms with Crippen LogP contribution in [0.2, 0.25) is 0 Å². The van der Waals surface area contributed by atoms with Crippen molar-refractivity contribution in [1.82, 2.24) is 0 Å². The van der Waals surface area contributed by atoms with Gasteiger partial charge in [0, 0.05) is 12.2 Å². The molecule has 3 heteroatoms. The fourth-order valence-corrected chi connectivity index (χ4v) is 2.40. The number of hydrogen-bond donors (Lipinski definition) is 0. The smallest absolute Gasteiger partial charge is 0.159 e. The van der Waals surface area contributed by atoms with Crippen molar-refractivity contribution >= 4 is 5.78 Å². The minimum absolute atomic E-state index is 0.0908. The molecule has 0 aromatic heterocycles. The Labute approximate surface area is 114 Å². The molecule has 0 spiro atoms. The number of benzene rings is 1. The molecule has 0 bridgehead atoms. The Morgan fingerprint density at radius 1 is 1.47 bits per heavy atom. The maximum Gasteiger partial charge on any atom is 0.159 e. The maximum atomic E-state index is 11.3. The average Bonchev–Trinajstić information content (AvgIpc) is 2.89. The molecule has 1 aromatic carbocycles. The summed E-state index contributed by atoms with van der Waals surface area (Å²) in [6, 6.07) is 5.60. The summed E-state index contributed by atoms with van der Waals surface area (Å²) in [6.45, 7) is 5.18. The molecule has 2 rings (SSSR count). The topological polar surface area (TPSA) is 35.5 Å². The largest absolute Gasteiger partial charge is 0.493 e. The first kappa shape index (κ1) is 14.1. The number of aryl methyl sites for hydroxylation is 1. The van der Waals surface area contributed by atoms with Crippen molar-refractivity contribution in [3.63, 3.8) is 0 Å². The van der Waals surface area contributed by atoms with Gasteiger partial charge >= 0.3 is 0 Å². The number of ketones is 1. The maximum absolute atomic E-state index is 11.3. The third-order valence-electron chi connectivity index (χ3n) is 3.53. The zero-order chi connectivity index (χ0) is 13.7. The average molecular weight is 262 g/mol. The lowest BCUT2D eigenvalue weighted by Crippen LogP contribution is -2.08. The highest BCUT2D eigenvalue weighted by Gasteiger charge is 2.14. The summed E-state index contributed by atoms with van der Waals surface area (Å²) < 4.78 is 11.3. The molecule has 104 valence electrons. The van der Waals surface area contributed by atoms with Crippen LogP contribution in [0, 0.1) is 6.92 Å². The second-order valence-electron chi connectivity index (χ2n) is 5.16. The minimum Gasteiger partial charge on any atom is -0.493 e. The van der Waals surface area contributed by atoms with Gasteiger partial charge < -0.3 is 9.47 Å². The van der Waals surface area contributed by atoms with E-state index in [-0.39, 0.29) is 5.78 Å². The molecule has 1 saturated heterocycles. The zero-order valence-corrected chi connectivity index (χ0v) is 11.8. The summed E-state index contributed by atoms with van der Waals surface area (Å²) in [5, 5.41) is 0. The van der Waals surface area contributed by atoms with Crippen molar-refractivity contribution in [1.29, 1.82) is 0 Å². The van der Waals surface area contributed by atoms with Gasteiger partial charge in [0.15, 0.2) is 5.78 Å². The first-order valence-corrected chi connectivity index (χ1v) is 7.03. The van der Waals surface area contributed by atoms with Crippen LogP contribution in [0.25, 0.3) is 0 Å². The lowest BCUT2D eigenvalue weighted by molar-refractivity contribution is 0.0980. The van der Waals surface area contributed by atoms with Crippen molar-refractivity contribution < 1.29 is 14.3 Å². The van der Waals surface area contributed by atoms with Gasteiger partial charge in [0.25, 0.3) is 0 Å². The van der Waals surface area contributed by atoms with Gasteiger partial charge in [0.05, 0.1) is 12.7 Å². The van der Waals surface area contributed by atoms with Gasteiger partial charge in [-0.25, -0.2) is 0 Å². The van der Waals surface area contributed by atoms with Gasteiger partial charge in [0.2, 0.25) is 0 Å². The molecule has 1 atom stereocenters. The molecule has 0 amide bonds. The lowest BCUT2D eigenvalue weighted by atomic mass is 10.1. The highest BCUT2D eigenvalue weighted by molar-refractivity contribution is 5.94. The number of carbonyl (C=O) groups excluding carboxylic acids is 1. The number of rotatable bonds is 6. The molecule has 0 saturated carbocycles. The summed E-state index contributed by atoms with van der Waals surface area (Å²) in [7, 11) is 0. The Kier molecular flexibility index (Phi) is 4.97. The summed E-state index contributed by atoms with van der Waals surface area (Å²) in [4.78, 5) is 11.3. The predicted molar refractivity (Wildman–Crippen MR) is 74.9 cm³/mol. The van der Waals surface area contributed by atoms with Gasteiger partial charge in [-0.2, -0.15) is 0 Å². The van der Waals surface area contributed by atoms with E-state index in [4.69, 9.17) is 9.47 Å². The summed E-state index contributed by atoms with van der Waals surface area (Å²) >= 11 is 0. The number of Topliss-reactive ketones (excluding diaryl/α,β-unsaturated/α-hetero) is 1. The van der Waals surface area contributed by atoms with Crippen LogP contribution in [0.15, 0.2) is 18.2 Å². The summed E-state index contributed by atoms with van der Waals surface area (Å²) in [5.41, 5.74) is 1.76. The van der Waals surface area contributed by atoms with Crippen LogP contribution in [0.3, 0.4) is 0 Å². The molecule has 1 aliphatic heterocycles. The molecular weight excluding hydrogens is 240 g/mol. The molecule has 0 N–H and O–H groups in total. The van der Waals surface area contributed by atoms with E-state index in [0.717, 1.165) is 36.3 Å². The second kappa shape index (κ2) is 6.71. The number of hydrogen-bond acceptors (Lipinski definition) is 3. The quantitative estimate of drug-likeness (QED) is 0.581. The van der Waals surface area contributed by atoms with E-state index in [1.54, 1.807) is 6.92 Å². The van der Waals surface area contributed by atoms with Gasteiger partial charge in [-0.1, -0.05) is 0 Å². The Morgan fingerprint density at radius 3 is 2.95 bits per heavy atom. The van der Waals surface area contributed by atoms with Crippen LogP contribution in [0.4, 0.5) is 0 Å². The third kappa shape index (κ3) is 4.06. The molecule has 1 heterocycles. The lowest BCUT2D eigenvalue weighted by Gasteiger charge is -2.12. The molecule has 1 fully saturated rings. The monoisotopic (exact) mass is 262 g/mol. The van der Waals surface area contributed by atoms with Crippen molar-refractivity contribution in [3.05, 3.63) is 29.3 Å². The Hall–Kier alpha value is -1.35. The SMILES string of the molecule is CC(=O)c1ccc(OCCCC2CCCO2)c(C)c1. The van der Waals surface area contributed by atoms with Crippen LogP contribution in [-0.2, 0) is 4.74 Å². The van der Waals surface area contributed by atoms with Crippen molar-refractivity contribution in [2.24, 2.45) is 0 Å². The van der Waals surface area contributed by atoms with E-state index in [9.17, 15) is 4.79 Å². The van der Waals surface area contributed by atoms with Crippen molar-refractivity contribution in [2.75, 3.05) is 13.2 Å². The molecule has 19 heavy (non-hydrogen) atoms. The van der Waals surface area contributed by atoms with Crippen LogP contribution >= 0.6 is 0 Å². The zero-order valence-electron chi connectivity index (χ0n) is 11.8. The highest BCUT2D eigenvalue weighted by atomic mass is 16.5. The predicted octanol–water partition coefficient (Wildman–Crippen LogP) is 3.54. The van der Waals surface area contributed by atoms with Crippen LogP contribution in [0.5, 0.6) is 5.75 Å². The number of ether oxygens (including phenoxy) is 2. The van der Waals surface area contributed by atoms with Crippen molar-refractivity contribution in [2.45, 2.75) is 45.6 Å². The molecule has 0 radical (unpaired) electrons. The van der Waals surface area contributed by atoms with Crippen LogP contribution in [0.1, 0.15) is 48.5 Å². The fraction of sp³-hybridized carbons (Fsp3) is 0.562. The van der Waals surface area contributed by atoms with Crippen LogP contribution < -0.4 is 4.74 Å². The normalized spacial score (nSPS) is 18.5. The van der Waals surface area contributed by atoms with Crippen molar-refractivity contribution in [3.8, 4) is 5.75 Å². The summed E-state index contributed by atoms with van der Waals surface area (Å²) in [6.07, 6.45) is 4.90. The molecule has 0 aliphatic carbocycles. The Bertz CT molecular complexity index is 434. The standard InChI is InChI=1S/C16H22O3/c1-12-11-14(13(2)17)7-8-16(12)19-10-4-6-15-5-3-9-18-15/h7-8,11,15H,3-6,9-10H2,1-2H3. The van der Waals surface area contributed by atoms with Gasteiger partial charge in [-0.05, 0) is 63.3 Å². The van der Waals surface area contributed by atoms with Crippen LogP contribution in [-0.4, -0.2) is 25.1 Å². The molecular formula is C16H22O3. The third-order valence-corrected chi connectivity index (χ3v) is 3.53. The highest BCUT2D eigenvalue weighted by Crippen LogP contribution is 2.21. The Morgan fingerprint density at radius 2 is 2.32 bits per heavy atom. The van der Waals surface area contributed by atoms with Gasteiger partial charge in [-0.3, -0.25) is 4.79 Å². The molecule has 1 aliphatic rings. The second-order valence-corrected chi connectivity index (χ2v) is 5.16. The first-order chi connectivity index (χ1) is 9.16. The van der Waals surface area contributed by atoms with E-state index in [1.807, 2.05) is 25.1 Å². The van der Waals surface area contributed by atoms with E-state index in [0.29, 0.717) is 12.7 Å². The molecule has 1 unspecified atom stereocenters. The molecule has 3 nitrogen and oxygen atoms in total.